The molecule has 1 aliphatic heterocycles. The van der Waals surface area contributed by atoms with Gasteiger partial charge in [-0.1, -0.05) is 6.07 Å². The molecule has 0 saturated carbocycles. The summed E-state index contributed by atoms with van der Waals surface area (Å²) < 4.78 is 24.4. The minimum absolute atomic E-state index is 0.234. The van der Waals surface area contributed by atoms with Gasteiger partial charge in [0.25, 0.3) is 0 Å². The number of aliphatic hydroxyl groups is 1. The van der Waals surface area contributed by atoms with Crippen LogP contribution in [0.3, 0.4) is 0 Å². The first-order chi connectivity index (χ1) is 9.16. The summed E-state index contributed by atoms with van der Waals surface area (Å²) in [6, 6.07) is 4.56. The third kappa shape index (κ3) is 4.16. The number of benzene rings is 1. The van der Waals surface area contributed by atoms with E-state index in [0.717, 1.165) is 32.8 Å². The van der Waals surface area contributed by atoms with E-state index >= 15 is 0 Å². The fourth-order valence-corrected chi connectivity index (χ4v) is 2.00. The predicted octanol–water partition coefficient (Wildman–Crippen LogP) is 1.59. The molecule has 0 spiro atoms. The van der Waals surface area contributed by atoms with Crippen molar-refractivity contribution in [3.05, 3.63) is 29.6 Å². The van der Waals surface area contributed by atoms with Crippen molar-refractivity contribution in [1.29, 1.82) is 0 Å². The van der Waals surface area contributed by atoms with Crippen molar-refractivity contribution in [2.75, 3.05) is 39.5 Å². The second kappa shape index (κ2) is 6.84. The molecule has 5 heteroatoms. The number of morpholine rings is 1. The van der Waals surface area contributed by atoms with Crippen LogP contribution in [0.25, 0.3) is 0 Å². The molecule has 19 heavy (non-hydrogen) atoms. The maximum absolute atomic E-state index is 13.7. The van der Waals surface area contributed by atoms with E-state index in [0.29, 0.717) is 12.2 Å². The lowest BCUT2D eigenvalue weighted by Gasteiger charge is -2.26. The van der Waals surface area contributed by atoms with Crippen LogP contribution in [-0.4, -0.2) is 49.5 Å². The van der Waals surface area contributed by atoms with Crippen LogP contribution in [0.2, 0.25) is 0 Å². The Bertz CT molecular complexity index is 406. The maximum Gasteiger partial charge on any atom is 0.165 e. The van der Waals surface area contributed by atoms with Crippen LogP contribution >= 0.6 is 0 Å². The van der Waals surface area contributed by atoms with E-state index in [9.17, 15) is 9.50 Å². The van der Waals surface area contributed by atoms with Gasteiger partial charge in [-0.05, 0) is 24.6 Å². The van der Waals surface area contributed by atoms with E-state index in [4.69, 9.17) is 9.47 Å². The van der Waals surface area contributed by atoms with Gasteiger partial charge in [0.15, 0.2) is 11.6 Å². The maximum atomic E-state index is 13.7. The standard InChI is InChI=1S/C14H20FNO3/c1-11(17)12-2-3-14(13(15)10-12)19-9-6-16-4-7-18-8-5-16/h2-3,10-11,17H,4-9H2,1H3/t11-/m1/s1. The van der Waals surface area contributed by atoms with Crippen molar-refractivity contribution in [3.8, 4) is 5.75 Å². The molecular weight excluding hydrogens is 249 g/mol. The van der Waals surface area contributed by atoms with Gasteiger partial charge in [-0.15, -0.1) is 0 Å². The summed E-state index contributed by atoms with van der Waals surface area (Å²) in [5, 5.41) is 9.36. The molecule has 0 aliphatic carbocycles. The molecule has 2 rings (SSSR count). The molecule has 0 unspecified atom stereocenters. The monoisotopic (exact) mass is 269 g/mol. The van der Waals surface area contributed by atoms with Gasteiger partial charge >= 0.3 is 0 Å². The van der Waals surface area contributed by atoms with Crippen LogP contribution < -0.4 is 4.74 Å². The van der Waals surface area contributed by atoms with Crippen molar-refractivity contribution < 1.29 is 19.0 Å². The number of hydrogen-bond donors (Lipinski definition) is 1. The molecule has 4 nitrogen and oxygen atoms in total. The fraction of sp³-hybridized carbons (Fsp3) is 0.571. The van der Waals surface area contributed by atoms with E-state index in [1.165, 1.54) is 6.07 Å². The van der Waals surface area contributed by atoms with Crippen LogP contribution in [-0.2, 0) is 4.74 Å². The van der Waals surface area contributed by atoms with Crippen LogP contribution in [0, 0.1) is 5.82 Å². The number of ether oxygens (including phenoxy) is 2. The molecular formula is C14H20FNO3. The van der Waals surface area contributed by atoms with Gasteiger partial charge in [0.05, 0.1) is 19.3 Å². The predicted molar refractivity (Wildman–Crippen MR) is 69.8 cm³/mol. The molecule has 1 aromatic carbocycles. The Morgan fingerprint density at radius 2 is 2.16 bits per heavy atom. The Morgan fingerprint density at radius 3 is 2.79 bits per heavy atom. The van der Waals surface area contributed by atoms with Crippen molar-refractivity contribution in [1.82, 2.24) is 4.90 Å². The van der Waals surface area contributed by atoms with Gasteiger partial charge in [-0.25, -0.2) is 4.39 Å². The summed E-state index contributed by atoms with van der Waals surface area (Å²) in [5.41, 5.74) is 0.554. The molecule has 1 heterocycles. The zero-order valence-corrected chi connectivity index (χ0v) is 11.1. The molecule has 0 bridgehead atoms. The zero-order chi connectivity index (χ0) is 13.7. The molecule has 0 aromatic heterocycles. The van der Waals surface area contributed by atoms with Crippen molar-refractivity contribution in [2.45, 2.75) is 13.0 Å². The first kappa shape index (κ1) is 14.2. The van der Waals surface area contributed by atoms with Gasteiger partial charge < -0.3 is 14.6 Å². The average molecular weight is 269 g/mol. The lowest BCUT2D eigenvalue weighted by molar-refractivity contribution is 0.0320. The molecule has 1 aliphatic rings. The molecule has 0 amide bonds. The molecule has 1 fully saturated rings. The Labute approximate surface area is 112 Å². The first-order valence-corrected chi connectivity index (χ1v) is 6.57. The quantitative estimate of drug-likeness (QED) is 0.881. The second-order valence-corrected chi connectivity index (χ2v) is 4.67. The lowest BCUT2D eigenvalue weighted by Crippen LogP contribution is -2.38. The summed E-state index contributed by atoms with van der Waals surface area (Å²) >= 11 is 0. The van der Waals surface area contributed by atoms with Crippen LogP contribution in [0.15, 0.2) is 18.2 Å². The van der Waals surface area contributed by atoms with Gasteiger partial charge in [0.2, 0.25) is 0 Å². The van der Waals surface area contributed by atoms with E-state index in [2.05, 4.69) is 4.90 Å². The van der Waals surface area contributed by atoms with Crippen molar-refractivity contribution in [3.63, 3.8) is 0 Å². The minimum Gasteiger partial charge on any atom is -0.489 e. The highest BCUT2D eigenvalue weighted by Crippen LogP contribution is 2.21. The van der Waals surface area contributed by atoms with Gasteiger partial charge in [-0.2, -0.15) is 0 Å². The van der Waals surface area contributed by atoms with Crippen LogP contribution in [0.1, 0.15) is 18.6 Å². The Balaban J connectivity index is 1.82. The Kier molecular flexibility index (Phi) is 5.13. The first-order valence-electron chi connectivity index (χ1n) is 6.57. The third-order valence-corrected chi connectivity index (χ3v) is 3.21. The van der Waals surface area contributed by atoms with Crippen molar-refractivity contribution in [2.24, 2.45) is 0 Å². The third-order valence-electron chi connectivity index (χ3n) is 3.21. The molecule has 1 atom stereocenters. The number of nitrogens with zero attached hydrogens (tertiary/aromatic N) is 1. The SMILES string of the molecule is C[C@@H](O)c1ccc(OCCN2CCOCC2)c(F)c1. The van der Waals surface area contributed by atoms with Crippen molar-refractivity contribution >= 4 is 0 Å². The summed E-state index contributed by atoms with van der Waals surface area (Å²) in [6.07, 6.45) is -0.670. The number of aliphatic hydroxyl groups excluding tert-OH is 1. The van der Waals surface area contributed by atoms with Gasteiger partial charge in [-0.3, -0.25) is 4.90 Å². The highest BCUT2D eigenvalue weighted by Gasteiger charge is 2.11. The highest BCUT2D eigenvalue weighted by atomic mass is 19.1. The van der Waals surface area contributed by atoms with E-state index in [1.807, 2.05) is 0 Å². The number of halogens is 1. The summed E-state index contributed by atoms with van der Waals surface area (Å²) in [5.74, 6) is -0.196. The van der Waals surface area contributed by atoms with Crippen LogP contribution in [0.5, 0.6) is 5.75 Å². The number of rotatable bonds is 5. The van der Waals surface area contributed by atoms with E-state index < -0.39 is 11.9 Å². The second-order valence-electron chi connectivity index (χ2n) is 4.67. The van der Waals surface area contributed by atoms with Crippen LogP contribution in [0.4, 0.5) is 4.39 Å². The molecule has 1 saturated heterocycles. The molecule has 106 valence electrons. The zero-order valence-electron chi connectivity index (χ0n) is 11.1. The van der Waals surface area contributed by atoms with Gasteiger partial charge in [0.1, 0.15) is 6.61 Å². The molecule has 1 aromatic rings. The Morgan fingerprint density at radius 1 is 1.42 bits per heavy atom. The lowest BCUT2D eigenvalue weighted by atomic mass is 10.1. The normalized spacial score (nSPS) is 18.3. The summed E-state index contributed by atoms with van der Waals surface area (Å²) in [6.45, 7) is 6.11. The summed E-state index contributed by atoms with van der Waals surface area (Å²) in [4.78, 5) is 2.23. The Hall–Kier alpha value is -1.17. The summed E-state index contributed by atoms with van der Waals surface area (Å²) in [7, 11) is 0. The molecule has 1 N–H and O–H groups in total. The van der Waals surface area contributed by atoms with E-state index in [1.54, 1.807) is 19.1 Å². The number of hydrogen-bond acceptors (Lipinski definition) is 4. The van der Waals surface area contributed by atoms with E-state index in [-0.39, 0.29) is 5.75 Å². The minimum atomic E-state index is -0.670. The average Bonchev–Trinajstić information content (AvgIpc) is 2.41. The largest absolute Gasteiger partial charge is 0.489 e. The smallest absolute Gasteiger partial charge is 0.165 e. The topological polar surface area (TPSA) is 41.9 Å². The highest BCUT2D eigenvalue weighted by molar-refractivity contribution is 5.30. The molecule has 0 radical (unpaired) electrons. The van der Waals surface area contributed by atoms with Gasteiger partial charge in [0, 0.05) is 19.6 Å². The fourth-order valence-electron chi connectivity index (χ4n) is 2.00.